The maximum Gasteiger partial charge on any atom is 0.159 e. The van der Waals surface area contributed by atoms with Gasteiger partial charge in [0.1, 0.15) is 11.9 Å². The Balaban J connectivity index is 2.47. The Kier molecular flexibility index (Phi) is 3.47. The molecule has 0 saturated heterocycles. The number of nitrogens with two attached hydrogens (primary N) is 1. The van der Waals surface area contributed by atoms with E-state index in [0.717, 1.165) is 5.01 Å². The van der Waals surface area contributed by atoms with Gasteiger partial charge in [0.2, 0.25) is 0 Å². The van der Waals surface area contributed by atoms with Crippen molar-refractivity contribution in [2.75, 3.05) is 6.54 Å². The molecular weight excluding hydrogens is 237 g/mol. The van der Waals surface area contributed by atoms with E-state index in [-0.39, 0.29) is 5.82 Å². The topological polar surface area (TPSA) is 62.7 Å². The summed E-state index contributed by atoms with van der Waals surface area (Å²) in [6.07, 6.45) is 0.634. The van der Waals surface area contributed by atoms with Gasteiger partial charge in [0, 0.05) is 6.42 Å². The normalized spacial score (nSPS) is 10.2. The lowest BCUT2D eigenvalue weighted by atomic mass is 10.1. The van der Waals surface area contributed by atoms with E-state index in [4.69, 9.17) is 11.0 Å². The lowest BCUT2D eigenvalue weighted by Gasteiger charge is -1.96. The number of rotatable bonds is 3. The van der Waals surface area contributed by atoms with Crippen LogP contribution in [0, 0.1) is 17.1 Å². The Bertz CT molecular complexity index is 571. The van der Waals surface area contributed by atoms with Gasteiger partial charge >= 0.3 is 0 Å². The first-order valence-corrected chi connectivity index (χ1v) is 5.92. The molecule has 1 aromatic heterocycles. The third kappa shape index (κ3) is 2.49. The van der Waals surface area contributed by atoms with Gasteiger partial charge in [-0.15, -0.1) is 11.3 Å². The highest BCUT2D eigenvalue weighted by Crippen LogP contribution is 2.30. The average molecular weight is 247 g/mol. The van der Waals surface area contributed by atoms with Gasteiger partial charge in [0.15, 0.2) is 5.69 Å². The standard InChI is InChI=1S/C12H10FN3S/c13-9-3-1-2-8(6-9)12-10(7-15)16-11(17-12)4-5-14/h1-3,6H,4-5,14H2. The molecule has 0 aliphatic heterocycles. The summed E-state index contributed by atoms with van der Waals surface area (Å²) in [6.45, 7) is 0.487. The summed E-state index contributed by atoms with van der Waals surface area (Å²) >= 11 is 1.39. The summed E-state index contributed by atoms with van der Waals surface area (Å²) in [5, 5.41) is 9.81. The predicted molar refractivity (Wildman–Crippen MR) is 65.0 cm³/mol. The molecule has 1 heterocycles. The highest BCUT2D eigenvalue weighted by Gasteiger charge is 2.12. The molecule has 0 fully saturated rings. The van der Waals surface area contributed by atoms with E-state index in [0.29, 0.717) is 29.1 Å². The zero-order valence-corrected chi connectivity index (χ0v) is 9.80. The molecule has 1 aromatic carbocycles. The zero-order chi connectivity index (χ0) is 12.3. The van der Waals surface area contributed by atoms with Crippen molar-refractivity contribution in [3.8, 4) is 16.5 Å². The van der Waals surface area contributed by atoms with Crippen molar-refractivity contribution in [1.82, 2.24) is 4.98 Å². The first-order chi connectivity index (χ1) is 8.24. The average Bonchev–Trinajstić information content (AvgIpc) is 2.73. The van der Waals surface area contributed by atoms with Gasteiger partial charge in [0.05, 0.1) is 9.88 Å². The molecule has 0 atom stereocenters. The molecular formula is C12H10FN3S. The lowest BCUT2D eigenvalue weighted by molar-refractivity contribution is 0.628. The molecule has 0 radical (unpaired) electrons. The lowest BCUT2D eigenvalue weighted by Crippen LogP contribution is -2.01. The molecule has 5 heteroatoms. The number of aromatic nitrogens is 1. The van der Waals surface area contributed by atoms with Gasteiger partial charge in [-0.25, -0.2) is 9.37 Å². The number of hydrogen-bond acceptors (Lipinski definition) is 4. The van der Waals surface area contributed by atoms with Crippen LogP contribution < -0.4 is 5.73 Å². The zero-order valence-electron chi connectivity index (χ0n) is 8.98. The van der Waals surface area contributed by atoms with E-state index < -0.39 is 0 Å². The predicted octanol–water partition coefficient (Wildman–Crippen LogP) is 2.32. The van der Waals surface area contributed by atoms with Gasteiger partial charge < -0.3 is 5.73 Å². The van der Waals surface area contributed by atoms with Crippen LogP contribution in [0.5, 0.6) is 0 Å². The van der Waals surface area contributed by atoms with Crippen molar-refractivity contribution in [1.29, 1.82) is 5.26 Å². The second-order valence-corrected chi connectivity index (χ2v) is 4.53. The Morgan fingerprint density at radius 2 is 2.29 bits per heavy atom. The van der Waals surface area contributed by atoms with Crippen molar-refractivity contribution in [2.45, 2.75) is 6.42 Å². The summed E-state index contributed by atoms with van der Waals surface area (Å²) in [6, 6.07) is 8.19. The number of nitrogens with zero attached hydrogens (tertiary/aromatic N) is 2. The number of nitriles is 1. The van der Waals surface area contributed by atoms with Gasteiger partial charge in [-0.05, 0) is 24.2 Å². The SMILES string of the molecule is N#Cc1nc(CCN)sc1-c1cccc(F)c1. The van der Waals surface area contributed by atoms with Crippen LogP contribution in [0.25, 0.3) is 10.4 Å². The molecule has 17 heavy (non-hydrogen) atoms. The molecule has 0 bridgehead atoms. The van der Waals surface area contributed by atoms with Crippen LogP contribution >= 0.6 is 11.3 Å². The fourth-order valence-corrected chi connectivity index (χ4v) is 2.52. The van der Waals surface area contributed by atoms with E-state index in [2.05, 4.69) is 4.98 Å². The van der Waals surface area contributed by atoms with Crippen molar-refractivity contribution in [2.24, 2.45) is 5.73 Å². The maximum atomic E-state index is 13.1. The Morgan fingerprint density at radius 1 is 1.47 bits per heavy atom. The molecule has 0 saturated carbocycles. The van der Waals surface area contributed by atoms with Crippen LogP contribution in [-0.4, -0.2) is 11.5 Å². The van der Waals surface area contributed by atoms with E-state index in [1.165, 1.54) is 23.5 Å². The molecule has 3 nitrogen and oxygen atoms in total. The third-order valence-corrected chi connectivity index (χ3v) is 3.39. The second kappa shape index (κ2) is 5.04. The molecule has 2 aromatic rings. The van der Waals surface area contributed by atoms with E-state index in [1.807, 2.05) is 6.07 Å². The molecule has 0 aliphatic carbocycles. The summed E-state index contributed by atoms with van der Waals surface area (Å²) in [7, 11) is 0. The minimum atomic E-state index is -0.319. The smallest absolute Gasteiger partial charge is 0.159 e. The molecule has 86 valence electrons. The first kappa shape index (κ1) is 11.7. The first-order valence-electron chi connectivity index (χ1n) is 5.10. The van der Waals surface area contributed by atoms with Crippen LogP contribution in [0.3, 0.4) is 0 Å². The van der Waals surface area contributed by atoms with Crippen LogP contribution in [0.1, 0.15) is 10.7 Å². The number of hydrogen-bond donors (Lipinski definition) is 1. The minimum absolute atomic E-state index is 0.319. The molecule has 0 amide bonds. The van der Waals surface area contributed by atoms with Crippen molar-refractivity contribution in [3.63, 3.8) is 0 Å². The van der Waals surface area contributed by atoms with E-state index in [9.17, 15) is 4.39 Å². The minimum Gasteiger partial charge on any atom is -0.330 e. The third-order valence-electron chi connectivity index (χ3n) is 2.22. The highest BCUT2D eigenvalue weighted by atomic mass is 32.1. The fourth-order valence-electron chi connectivity index (χ4n) is 1.50. The Morgan fingerprint density at radius 3 is 2.94 bits per heavy atom. The summed E-state index contributed by atoms with van der Waals surface area (Å²) in [4.78, 5) is 4.88. The quantitative estimate of drug-likeness (QED) is 0.905. The molecule has 2 N–H and O–H groups in total. The largest absolute Gasteiger partial charge is 0.330 e. The second-order valence-electron chi connectivity index (χ2n) is 3.45. The number of thiazole rings is 1. The van der Waals surface area contributed by atoms with Crippen molar-refractivity contribution in [3.05, 3.63) is 40.8 Å². The summed E-state index contributed by atoms with van der Waals surface area (Å²) in [5.41, 5.74) is 6.47. The van der Waals surface area contributed by atoms with Gasteiger partial charge in [-0.3, -0.25) is 0 Å². The maximum absolute atomic E-state index is 13.1. The molecule has 0 spiro atoms. The van der Waals surface area contributed by atoms with Gasteiger partial charge in [-0.1, -0.05) is 12.1 Å². The van der Waals surface area contributed by atoms with Gasteiger partial charge in [0.25, 0.3) is 0 Å². The monoisotopic (exact) mass is 247 g/mol. The highest BCUT2D eigenvalue weighted by molar-refractivity contribution is 7.15. The van der Waals surface area contributed by atoms with Gasteiger partial charge in [-0.2, -0.15) is 5.26 Å². The van der Waals surface area contributed by atoms with Crippen molar-refractivity contribution < 1.29 is 4.39 Å². The van der Waals surface area contributed by atoms with Crippen molar-refractivity contribution >= 4 is 11.3 Å². The number of benzene rings is 1. The summed E-state index contributed by atoms with van der Waals surface area (Å²) in [5.74, 6) is -0.319. The summed E-state index contributed by atoms with van der Waals surface area (Å²) < 4.78 is 13.1. The fraction of sp³-hybridized carbons (Fsp3) is 0.167. The van der Waals surface area contributed by atoms with Crippen LogP contribution in [0.4, 0.5) is 4.39 Å². The van der Waals surface area contributed by atoms with Crippen LogP contribution in [-0.2, 0) is 6.42 Å². The molecule has 2 rings (SSSR count). The van der Waals surface area contributed by atoms with E-state index in [1.54, 1.807) is 12.1 Å². The van der Waals surface area contributed by atoms with Crippen LogP contribution in [0.15, 0.2) is 24.3 Å². The Hall–Kier alpha value is -1.77. The molecule has 0 aliphatic rings. The number of halogens is 1. The Labute approximate surface area is 102 Å². The molecule has 0 unspecified atom stereocenters. The van der Waals surface area contributed by atoms with Crippen LogP contribution in [0.2, 0.25) is 0 Å². The van der Waals surface area contributed by atoms with E-state index >= 15 is 0 Å².